The number of halogens is 1. The Morgan fingerprint density at radius 3 is 2.71 bits per heavy atom. The zero-order chi connectivity index (χ0) is 12.5. The van der Waals surface area contributed by atoms with Gasteiger partial charge in [0.1, 0.15) is 0 Å². The maximum absolute atomic E-state index is 11.9. The van der Waals surface area contributed by atoms with Crippen molar-refractivity contribution in [3.8, 4) is 0 Å². The van der Waals surface area contributed by atoms with Gasteiger partial charge in [0.15, 0.2) is 0 Å². The number of sulfonamides is 1. The van der Waals surface area contributed by atoms with Crippen LogP contribution in [-0.4, -0.2) is 26.2 Å². The van der Waals surface area contributed by atoms with E-state index in [1.54, 1.807) is 24.3 Å². The highest BCUT2D eigenvalue weighted by Gasteiger charge is 2.28. The molecule has 94 valence electrons. The number of rotatable bonds is 4. The minimum Gasteiger partial charge on any atom is -0.393 e. The van der Waals surface area contributed by atoms with Crippen LogP contribution in [0.4, 0.5) is 0 Å². The molecule has 2 rings (SSSR count). The molecule has 0 aliphatic heterocycles. The molecule has 1 aromatic carbocycles. The highest BCUT2D eigenvalue weighted by atomic mass is 79.9. The van der Waals surface area contributed by atoms with Crippen molar-refractivity contribution >= 4 is 26.0 Å². The molecule has 0 bridgehead atoms. The third kappa shape index (κ3) is 3.28. The number of aliphatic hydroxyl groups excluding tert-OH is 1. The monoisotopic (exact) mass is 319 g/mol. The minimum absolute atomic E-state index is 0.254. The number of nitrogens with one attached hydrogen (secondary N) is 1. The van der Waals surface area contributed by atoms with E-state index in [0.29, 0.717) is 19.4 Å². The second-order valence-corrected chi connectivity index (χ2v) is 6.98. The van der Waals surface area contributed by atoms with Gasteiger partial charge in [-0.3, -0.25) is 0 Å². The molecule has 17 heavy (non-hydrogen) atoms. The Labute approximate surface area is 109 Å². The Morgan fingerprint density at radius 2 is 2.12 bits per heavy atom. The van der Waals surface area contributed by atoms with Crippen molar-refractivity contribution in [2.45, 2.75) is 23.8 Å². The summed E-state index contributed by atoms with van der Waals surface area (Å²) in [5.41, 5.74) is 0. The second-order valence-electron chi connectivity index (χ2n) is 4.30. The fourth-order valence-electron chi connectivity index (χ4n) is 1.81. The molecule has 0 aromatic heterocycles. The highest BCUT2D eigenvalue weighted by molar-refractivity contribution is 9.10. The number of hydrogen-bond acceptors (Lipinski definition) is 3. The van der Waals surface area contributed by atoms with Gasteiger partial charge in [-0.1, -0.05) is 22.0 Å². The Balaban J connectivity index is 1.99. The van der Waals surface area contributed by atoms with Gasteiger partial charge in [-0.25, -0.2) is 13.1 Å². The van der Waals surface area contributed by atoms with Crippen molar-refractivity contribution in [2.75, 3.05) is 6.54 Å². The number of benzene rings is 1. The van der Waals surface area contributed by atoms with E-state index >= 15 is 0 Å². The molecule has 2 N–H and O–H groups in total. The predicted molar refractivity (Wildman–Crippen MR) is 68.1 cm³/mol. The molecule has 0 amide bonds. The molecule has 0 saturated heterocycles. The summed E-state index contributed by atoms with van der Waals surface area (Å²) in [7, 11) is -3.43. The molecule has 0 heterocycles. The molecular formula is C11H14BrNO3S. The molecule has 1 aromatic rings. The summed E-state index contributed by atoms with van der Waals surface area (Å²) in [4.78, 5) is 0.256. The molecule has 6 heteroatoms. The zero-order valence-electron chi connectivity index (χ0n) is 9.14. The Hall–Kier alpha value is -0.430. The van der Waals surface area contributed by atoms with Crippen LogP contribution in [-0.2, 0) is 10.0 Å². The van der Waals surface area contributed by atoms with E-state index in [0.717, 1.165) is 4.47 Å². The standard InChI is InChI=1S/C11H14BrNO3S/c12-9-2-1-3-11(6-9)17(15,16)13-7-8-4-10(14)5-8/h1-3,6,8,10,13-14H,4-5,7H2. The summed E-state index contributed by atoms with van der Waals surface area (Å²) in [5.74, 6) is 0.256. The molecule has 1 fully saturated rings. The molecule has 0 atom stereocenters. The van der Waals surface area contributed by atoms with Crippen LogP contribution in [0, 0.1) is 5.92 Å². The fourth-order valence-corrected chi connectivity index (χ4v) is 3.52. The first kappa shape index (κ1) is 13.0. The lowest BCUT2D eigenvalue weighted by Gasteiger charge is -2.31. The minimum atomic E-state index is -3.43. The van der Waals surface area contributed by atoms with Crippen molar-refractivity contribution in [1.29, 1.82) is 0 Å². The van der Waals surface area contributed by atoms with E-state index in [1.807, 2.05) is 0 Å². The lowest BCUT2D eigenvalue weighted by Crippen LogP contribution is -2.38. The summed E-state index contributed by atoms with van der Waals surface area (Å²) >= 11 is 3.24. The van der Waals surface area contributed by atoms with Crippen LogP contribution >= 0.6 is 15.9 Å². The first-order valence-electron chi connectivity index (χ1n) is 5.40. The maximum Gasteiger partial charge on any atom is 0.240 e. The van der Waals surface area contributed by atoms with E-state index in [2.05, 4.69) is 20.7 Å². The fraction of sp³-hybridized carbons (Fsp3) is 0.455. The Kier molecular flexibility index (Phi) is 3.87. The smallest absolute Gasteiger partial charge is 0.240 e. The first-order valence-corrected chi connectivity index (χ1v) is 7.68. The third-order valence-electron chi connectivity index (χ3n) is 2.88. The lowest BCUT2D eigenvalue weighted by atomic mass is 9.83. The van der Waals surface area contributed by atoms with Crippen LogP contribution in [0.3, 0.4) is 0 Å². The van der Waals surface area contributed by atoms with E-state index in [-0.39, 0.29) is 16.9 Å². The van der Waals surface area contributed by atoms with Crippen LogP contribution in [0.5, 0.6) is 0 Å². The largest absolute Gasteiger partial charge is 0.393 e. The van der Waals surface area contributed by atoms with Gasteiger partial charge in [0.05, 0.1) is 11.0 Å². The van der Waals surface area contributed by atoms with Crippen molar-refractivity contribution in [1.82, 2.24) is 4.72 Å². The van der Waals surface area contributed by atoms with Gasteiger partial charge >= 0.3 is 0 Å². The SMILES string of the molecule is O=S(=O)(NCC1CC(O)C1)c1cccc(Br)c1. The summed E-state index contributed by atoms with van der Waals surface area (Å²) < 4.78 is 27.1. The highest BCUT2D eigenvalue weighted by Crippen LogP contribution is 2.26. The molecule has 0 spiro atoms. The first-order chi connectivity index (χ1) is 7.97. The molecule has 1 aliphatic carbocycles. The van der Waals surface area contributed by atoms with Crippen LogP contribution in [0.1, 0.15) is 12.8 Å². The Morgan fingerprint density at radius 1 is 1.41 bits per heavy atom. The van der Waals surface area contributed by atoms with Crippen molar-refractivity contribution in [3.63, 3.8) is 0 Å². The van der Waals surface area contributed by atoms with Crippen LogP contribution in [0.25, 0.3) is 0 Å². The summed E-state index contributed by atoms with van der Waals surface area (Å²) in [6, 6.07) is 6.59. The zero-order valence-corrected chi connectivity index (χ0v) is 11.5. The average molecular weight is 320 g/mol. The number of hydrogen-bond donors (Lipinski definition) is 2. The van der Waals surface area contributed by atoms with Crippen molar-refractivity contribution < 1.29 is 13.5 Å². The van der Waals surface area contributed by atoms with Gasteiger partial charge in [-0.15, -0.1) is 0 Å². The van der Waals surface area contributed by atoms with Gasteiger partial charge < -0.3 is 5.11 Å². The summed E-state index contributed by atoms with van der Waals surface area (Å²) in [6.45, 7) is 0.395. The molecule has 0 radical (unpaired) electrons. The van der Waals surface area contributed by atoms with E-state index in [4.69, 9.17) is 5.11 Å². The normalized spacial score (nSPS) is 24.4. The van der Waals surface area contributed by atoms with Crippen LogP contribution < -0.4 is 4.72 Å². The van der Waals surface area contributed by atoms with E-state index in [1.165, 1.54) is 0 Å². The van der Waals surface area contributed by atoms with Gasteiger partial charge in [-0.2, -0.15) is 0 Å². The molecule has 4 nitrogen and oxygen atoms in total. The molecular weight excluding hydrogens is 306 g/mol. The van der Waals surface area contributed by atoms with Gasteiger partial charge in [0.2, 0.25) is 10.0 Å². The third-order valence-corrected chi connectivity index (χ3v) is 4.79. The predicted octanol–water partition coefficient (Wildman–Crippen LogP) is 1.50. The van der Waals surface area contributed by atoms with Gasteiger partial charge in [0.25, 0.3) is 0 Å². The summed E-state index contributed by atoms with van der Waals surface area (Å²) in [6.07, 6.45) is 1.11. The summed E-state index contributed by atoms with van der Waals surface area (Å²) in [5, 5.41) is 9.12. The van der Waals surface area contributed by atoms with Crippen LogP contribution in [0.2, 0.25) is 0 Å². The second kappa shape index (κ2) is 5.06. The van der Waals surface area contributed by atoms with Gasteiger partial charge in [0, 0.05) is 11.0 Å². The quantitative estimate of drug-likeness (QED) is 0.883. The molecule has 1 aliphatic rings. The van der Waals surface area contributed by atoms with Crippen molar-refractivity contribution in [3.05, 3.63) is 28.7 Å². The Bertz CT molecular complexity index is 497. The maximum atomic E-state index is 11.9. The number of aliphatic hydroxyl groups is 1. The van der Waals surface area contributed by atoms with Crippen LogP contribution in [0.15, 0.2) is 33.6 Å². The average Bonchev–Trinajstić information content (AvgIpc) is 2.23. The topological polar surface area (TPSA) is 66.4 Å². The van der Waals surface area contributed by atoms with Gasteiger partial charge in [-0.05, 0) is 37.0 Å². The lowest BCUT2D eigenvalue weighted by molar-refractivity contribution is 0.0453. The van der Waals surface area contributed by atoms with E-state index in [9.17, 15) is 8.42 Å². The van der Waals surface area contributed by atoms with Crippen molar-refractivity contribution in [2.24, 2.45) is 5.92 Å². The molecule has 1 saturated carbocycles. The molecule has 0 unspecified atom stereocenters. The van der Waals surface area contributed by atoms with E-state index < -0.39 is 10.0 Å².